The lowest BCUT2D eigenvalue weighted by molar-refractivity contribution is 0.340. The predicted octanol–water partition coefficient (Wildman–Crippen LogP) is 1.26. The minimum atomic E-state index is 0.988. The lowest BCUT2D eigenvalue weighted by Crippen LogP contribution is -2.27. The van der Waals surface area contributed by atoms with Gasteiger partial charge in [0, 0.05) is 31.5 Å². The van der Waals surface area contributed by atoms with Crippen molar-refractivity contribution >= 4 is 0 Å². The van der Waals surface area contributed by atoms with Crippen LogP contribution >= 0.6 is 0 Å². The topological polar surface area (TPSA) is 18.5 Å². The minimum Gasteiger partial charge on any atom is -0.384 e. The van der Waals surface area contributed by atoms with E-state index in [-0.39, 0.29) is 0 Å². The van der Waals surface area contributed by atoms with Crippen LogP contribution in [0.1, 0.15) is 13.3 Å². The monoisotopic (exact) mass is 209 g/mol. The second kappa shape index (κ2) is 6.51. The molecule has 0 aliphatic carbocycles. The van der Waals surface area contributed by atoms with Crippen molar-refractivity contribution < 1.29 is 0 Å². The summed E-state index contributed by atoms with van der Waals surface area (Å²) in [6.45, 7) is 6.45. The van der Waals surface area contributed by atoms with E-state index in [1.54, 1.807) is 0 Å². The molecule has 3 heteroatoms. The van der Waals surface area contributed by atoms with Gasteiger partial charge < -0.3 is 15.1 Å². The van der Waals surface area contributed by atoms with Gasteiger partial charge in [0.05, 0.1) is 0 Å². The van der Waals surface area contributed by atoms with Crippen LogP contribution in [0.4, 0.5) is 0 Å². The van der Waals surface area contributed by atoms with Gasteiger partial charge in [-0.15, -0.1) is 0 Å². The summed E-state index contributed by atoms with van der Waals surface area (Å²) in [5.74, 6) is 0. The zero-order chi connectivity index (χ0) is 11.1. The van der Waals surface area contributed by atoms with Crippen LogP contribution in [0.15, 0.2) is 24.0 Å². The number of hydrogen-bond donors (Lipinski definition) is 1. The van der Waals surface area contributed by atoms with Crippen LogP contribution in [0.5, 0.6) is 0 Å². The van der Waals surface area contributed by atoms with Gasteiger partial charge >= 0.3 is 0 Å². The van der Waals surface area contributed by atoms with Gasteiger partial charge in [-0.2, -0.15) is 0 Å². The van der Waals surface area contributed by atoms with Crippen molar-refractivity contribution in [1.29, 1.82) is 0 Å². The molecule has 0 spiro atoms. The van der Waals surface area contributed by atoms with Crippen LogP contribution in [-0.4, -0.2) is 50.1 Å². The molecule has 1 aliphatic heterocycles. The van der Waals surface area contributed by atoms with E-state index in [2.05, 4.69) is 54.5 Å². The number of allylic oxidation sites excluding steroid dienone is 1. The molecular formula is C12H23N3. The highest BCUT2D eigenvalue weighted by Crippen LogP contribution is 2.05. The number of nitrogens with one attached hydrogen (secondary N) is 1. The van der Waals surface area contributed by atoms with E-state index in [0.29, 0.717) is 0 Å². The van der Waals surface area contributed by atoms with E-state index in [0.717, 1.165) is 26.2 Å². The van der Waals surface area contributed by atoms with Gasteiger partial charge in [0.25, 0.3) is 0 Å². The van der Waals surface area contributed by atoms with Crippen molar-refractivity contribution in [2.75, 3.05) is 40.3 Å². The number of likely N-dealkylation sites (N-methyl/N-ethyl adjacent to an activating group) is 1. The smallest absolute Gasteiger partial charge is 0.0499 e. The molecule has 0 aromatic rings. The molecule has 0 atom stereocenters. The third-order valence-electron chi connectivity index (χ3n) is 2.39. The Bertz CT molecular complexity index is 231. The van der Waals surface area contributed by atoms with Crippen molar-refractivity contribution in [1.82, 2.24) is 15.1 Å². The SMILES string of the molecule is CCNC1=CN(CCCN(C)C)CC=C1. The molecule has 86 valence electrons. The van der Waals surface area contributed by atoms with E-state index in [1.165, 1.54) is 12.1 Å². The summed E-state index contributed by atoms with van der Waals surface area (Å²) in [6.07, 6.45) is 7.81. The zero-order valence-electron chi connectivity index (χ0n) is 10.2. The van der Waals surface area contributed by atoms with Crippen molar-refractivity contribution in [3.63, 3.8) is 0 Å². The van der Waals surface area contributed by atoms with Gasteiger partial charge in [-0.25, -0.2) is 0 Å². The van der Waals surface area contributed by atoms with Crippen LogP contribution in [-0.2, 0) is 0 Å². The highest BCUT2D eigenvalue weighted by Gasteiger charge is 2.04. The molecule has 3 nitrogen and oxygen atoms in total. The molecule has 0 fully saturated rings. The molecule has 0 bridgehead atoms. The van der Waals surface area contributed by atoms with Gasteiger partial charge in [-0.3, -0.25) is 0 Å². The van der Waals surface area contributed by atoms with E-state index < -0.39 is 0 Å². The summed E-state index contributed by atoms with van der Waals surface area (Å²) in [6, 6.07) is 0. The second-order valence-corrected chi connectivity index (χ2v) is 4.17. The third-order valence-corrected chi connectivity index (χ3v) is 2.39. The van der Waals surface area contributed by atoms with Crippen LogP contribution in [0, 0.1) is 0 Å². The standard InChI is InChI=1S/C12H23N3/c1-4-13-12-7-5-9-15(11-12)10-6-8-14(2)3/h5,7,11,13H,4,6,8-10H2,1-3H3. The first-order valence-corrected chi connectivity index (χ1v) is 5.73. The normalized spacial score (nSPS) is 15.7. The lowest BCUT2D eigenvalue weighted by Gasteiger charge is -2.24. The Labute approximate surface area is 93.4 Å². The molecule has 1 heterocycles. The first-order valence-electron chi connectivity index (χ1n) is 5.73. The molecule has 0 radical (unpaired) electrons. The molecule has 0 unspecified atom stereocenters. The first-order chi connectivity index (χ1) is 7.22. The van der Waals surface area contributed by atoms with Crippen molar-refractivity contribution in [3.8, 4) is 0 Å². The van der Waals surface area contributed by atoms with Crippen molar-refractivity contribution in [2.24, 2.45) is 0 Å². The highest BCUT2D eigenvalue weighted by atomic mass is 15.1. The van der Waals surface area contributed by atoms with Crippen LogP contribution in [0.25, 0.3) is 0 Å². The Kier molecular flexibility index (Phi) is 5.26. The largest absolute Gasteiger partial charge is 0.384 e. The van der Waals surface area contributed by atoms with E-state index in [9.17, 15) is 0 Å². The fourth-order valence-corrected chi connectivity index (χ4v) is 1.66. The molecular weight excluding hydrogens is 186 g/mol. The number of rotatable bonds is 6. The van der Waals surface area contributed by atoms with Gasteiger partial charge in [0.15, 0.2) is 0 Å². The quantitative estimate of drug-likeness (QED) is 0.710. The third kappa shape index (κ3) is 4.88. The van der Waals surface area contributed by atoms with Crippen LogP contribution < -0.4 is 5.32 Å². The highest BCUT2D eigenvalue weighted by molar-refractivity contribution is 5.20. The van der Waals surface area contributed by atoms with Crippen molar-refractivity contribution in [2.45, 2.75) is 13.3 Å². The Morgan fingerprint density at radius 3 is 2.93 bits per heavy atom. The lowest BCUT2D eigenvalue weighted by atomic mass is 10.2. The van der Waals surface area contributed by atoms with Gasteiger partial charge in [0.1, 0.15) is 0 Å². The Morgan fingerprint density at radius 1 is 1.47 bits per heavy atom. The van der Waals surface area contributed by atoms with Crippen LogP contribution in [0.3, 0.4) is 0 Å². The molecule has 0 saturated carbocycles. The molecule has 1 rings (SSSR count). The number of hydrogen-bond acceptors (Lipinski definition) is 3. The van der Waals surface area contributed by atoms with E-state index in [4.69, 9.17) is 0 Å². The fourth-order valence-electron chi connectivity index (χ4n) is 1.66. The van der Waals surface area contributed by atoms with Gasteiger partial charge in [0.2, 0.25) is 0 Å². The van der Waals surface area contributed by atoms with E-state index in [1.807, 2.05) is 0 Å². The fraction of sp³-hybridized carbons (Fsp3) is 0.667. The first kappa shape index (κ1) is 12.1. The molecule has 15 heavy (non-hydrogen) atoms. The summed E-state index contributed by atoms with van der Waals surface area (Å²) in [7, 11) is 4.24. The maximum absolute atomic E-state index is 3.34. The maximum Gasteiger partial charge on any atom is 0.0499 e. The zero-order valence-corrected chi connectivity index (χ0v) is 10.2. The molecule has 0 amide bonds. The second-order valence-electron chi connectivity index (χ2n) is 4.17. The maximum atomic E-state index is 3.34. The number of nitrogens with zero attached hydrogens (tertiary/aromatic N) is 2. The molecule has 0 aromatic heterocycles. The Morgan fingerprint density at radius 2 is 2.27 bits per heavy atom. The van der Waals surface area contributed by atoms with Crippen molar-refractivity contribution in [3.05, 3.63) is 24.0 Å². The molecule has 0 saturated heterocycles. The molecule has 0 aromatic carbocycles. The summed E-state index contributed by atoms with van der Waals surface area (Å²) in [5.41, 5.74) is 1.23. The van der Waals surface area contributed by atoms with E-state index >= 15 is 0 Å². The average Bonchev–Trinajstić information content (AvgIpc) is 2.18. The minimum absolute atomic E-state index is 0.988. The molecule has 1 N–H and O–H groups in total. The molecule has 1 aliphatic rings. The van der Waals surface area contributed by atoms with Gasteiger partial charge in [-0.05, 0) is 40.1 Å². The summed E-state index contributed by atoms with van der Waals surface area (Å²) in [5, 5.41) is 3.34. The van der Waals surface area contributed by atoms with Gasteiger partial charge in [-0.1, -0.05) is 6.08 Å². The summed E-state index contributed by atoms with van der Waals surface area (Å²) < 4.78 is 0. The average molecular weight is 209 g/mol. The Hall–Kier alpha value is -0.960. The Balaban J connectivity index is 2.28. The predicted molar refractivity (Wildman–Crippen MR) is 65.6 cm³/mol. The summed E-state index contributed by atoms with van der Waals surface area (Å²) >= 11 is 0. The summed E-state index contributed by atoms with van der Waals surface area (Å²) in [4.78, 5) is 4.59. The van der Waals surface area contributed by atoms with Crippen LogP contribution in [0.2, 0.25) is 0 Å².